The van der Waals surface area contributed by atoms with Crippen LogP contribution in [0.25, 0.3) is 0 Å². The van der Waals surface area contributed by atoms with Crippen molar-refractivity contribution in [1.82, 2.24) is 10.1 Å². The van der Waals surface area contributed by atoms with Crippen molar-refractivity contribution in [3.05, 3.63) is 17.0 Å². The first-order valence-electron chi connectivity index (χ1n) is 6.23. The van der Waals surface area contributed by atoms with Crippen molar-refractivity contribution >= 4 is 18.3 Å². The van der Waals surface area contributed by atoms with Gasteiger partial charge in [-0.2, -0.15) is 0 Å². The van der Waals surface area contributed by atoms with Gasteiger partial charge in [0.1, 0.15) is 11.3 Å². The number of nitrogens with zero attached hydrogens (tertiary/aromatic N) is 2. The summed E-state index contributed by atoms with van der Waals surface area (Å²) in [7, 11) is 1.78. The van der Waals surface area contributed by atoms with Crippen LogP contribution < -0.4 is 5.73 Å². The smallest absolute Gasteiger partial charge is 0.259 e. The van der Waals surface area contributed by atoms with Gasteiger partial charge in [0.05, 0.1) is 5.69 Å². The number of nitrogens with two attached hydrogens (primary N) is 1. The summed E-state index contributed by atoms with van der Waals surface area (Å²) in [5.74, 6) is 0.599. The van der Waals surface area contributed by atoms with E-state index >= 15 is 0 Å². The average Bonchev–Trinajstić information content (AvgIpc) is 2.68. The molecule has 0 spiro atoms. The van der Waals surface area contributed by atoms with Gasteiger partial charge in [-0.05, 0) is 18.9 Å². The Morgan fingerprint density at radius 2 is 2.05 bits per heavy atom. The number of carbonyl (C=O) groups is 1. The Morgan fingerprint density at radius 1 is 1.47 bits per heavy atom. The lowest BCUT2D eigenvalue weighted by atomic mass is 9.93. The third kappa shape index (κ3) is 4.21. The van der Waals surface area contributed by atoms with Crippen LogP contribution in [0.15, 0.2) is 4.52 Å². The summed E-state index contributed by atoms with van der Waals surface area (Å²) < 4.78 is 5.15. The van der Waals surface area contributed by atoms with Gasteiger partial charge in [0.2, 0.25) is 0 Å². The molecule has 1 aromatic rings. The van der Waals surface area contributed by atoms with Gasteiger partial charge < -0.3 is 15.2 Å². The molecule has 0 aliphatic carbocycles. The molecule has 6 heteroatoms. The third-order valence-corrected chi connectivity index (χ3v) is 3.03. The molecule has 0 atom stereocenters. The monoisotopic (exact) mass is 289 g/mol. The lowest BCUT2D eigenvalue weighted by Crippen LogP contribution is -2.40. The molecule has 1 aromatic heterocycles. The molecule has 1 amide bonds. The second-order valence-electron chi connectivity index (χ2n) is 5.45. The van der Waals surface area contributed by atoms with E-state index in [9.17, 15) is 4.79 Å². The molecule has 19 heavy (non-hydrogen) atoms. The predicted octanol–water partition coefficient (Wildman–Crippen LogP) is 2.02. The largest absolute Gasteiger partial charge is 0.360 e. The first kappa shape index (κ1) is 17.9. The zero-order valence-corrected chi connectivity index (χ0v) is 13.1. The van der Waals surface area contributed by atoms with Crippen molar-refractivity contribution in [2.24, 2.45) is 11.1 Å². The van der Waals surface area contributed by atoms with Crippen molar-refractivity contribution in [3.8, 4) is 0 Å². The van der Waals surface area contributed by atoms with E-state index in [2.05, 4.69) is 5.16 Å². The highest BCUT2D eigenvalue weighted by Crippen LogP contribution is 2.19. The van der Waals surface area contributed by atoms with Crippen molar-refractivity contribution in [1.29, 1.82) is 0 Å². The fourth-order valence-corrected chi connectivity index (χ4v) is 1.90. The van der Waals surface area contributed by atoms with Crippen LogP contribution in [-0.4, -0.2) is 36.1 Å². The number of amides is 1. The highest BCUT2D eigenvalue weighted by Gasteiger charge is 2.26. The highest BCUT2D eigenvalue weighted by atomic mass is 35.5. The minimum atomic E-state index is -0.0954. The van der Waals surface area contributed by atoms with Gasteiger partial charge in [0.15, 0.2) is 0 Å². The number of hydrogen-bond acceptors (Lipinski definition) is 4. The lowest BCUT2D eigenvalue weighted by molar-refractivity contribution is 0.0737. The molecular formula is C13H24ClN3O2. The van der Waals surface area contributed by atoms with E-state index in [1.54, 1.807) is 18.9 Å². The van der Waals surface area contributed by atoms with Crippen LogP contribution in [0.1, 0.15) is 42.6 Å². The molecular weight excluding hydrogens is 266 g/mol. The number of rotatable bonds is 5. The first-order chi connectivity index (χ1) is 8.32. The highest BCUT2D eigenvalue weighted by molar-refractivity contribution is 5.96. The van der Waals surface area contributed by atoms with Crippen molar-refractivity contribution in [3.63, 3.8) is 0 Å². The van der Waals surface area contributed by atoms with E-state index in [0.717, 1.165) is 0 Å². The van der Waals surface area contributed by atoms with Crippen molar-refractivity contribution in [2.75, 3.05) is 20.1 Å². The molecule has 0 aromatic carbocycles. The van der Waals surface area contributed by atoms with Crippen LogP contribution in [0.4, 0.5) is 0 Å². The molecule has 2 N–H and O–H groups in total. The van der Waals surface area contributed by atoms with Crippen molar-refractivity contribution < 1.29 is 9.32 Å². The predicted molar refractivity (Wildman–Crippen MR) is 77.7 cm³/mol. The van der Waals surface area contributed by atoms with Crippen LogP contribution in [0.3, 0.4) is 0 Å². The molecule has 0 radical (unpaired) electrons. The maximum atomic E-state index is 12.4. The zero-order chi connectivity index (χ0) is 13.9. The van der Waals surface area contributed by atoms with Gasteiger partial charge in [-0.3, -0.25) is 4.79 Å². The summed E-state index contributed by atoms with van der Waals surface area (Å²) in [6.45, 7) is 8.96. The maximum Gasteiger partial charge on any atom is 0.259 e. The summed E-state index contributed by atoms with van der Waals surface area (Å²) in [6, 6.07) is 0. The van der Waals surface area contributed by atoms with E-state index in [1.165, 1.54) is 0 Å². The SMILES string of the molecule is CCc1onc(C)c1C(=O)N(C)CC(C)(C)CN.Cl. The number of aryl methyl sites for hydroxylation is 2. The van der Waals surface area contributed by atoms with Crippen LogP contribution in [0, 0.1) is 12.3 Å². The summed E-state index contributed by atoms with van der Waals surface area (Å²) in [6.07, 6.45) is 0.663. The van der Waals surface area contributed by atoms with Gasteiger partial charge in [-0.25, -0.2) is 0 Å². The molecule has 0 bridgehead atoms. The van der Waals surface area contributed by atoms with Crippen LogP contribution in [-0.2, 0) is 6.42 Å². The summed E-state index contributed by atoms with van der Waals surface area (Å²) in [4.78, 5) is 14.1. The Kier molecular flexibility index (Phi) is 6.52. The average molecular weight is 290 g/mol. The van der Waals surface area contributed by atoms with Gasteiger partial charge >= 0.3 is 0 Å². The van der Waals surface area contributed by atoms with E-state index in [4.69, 9.17) is 10.3 Å². The summed E-state index contributed by atoms with van der Waals surface area (Å²) in [5.41, 5.74) is 6.83. The normalized spacial score (nSPS) is 11.1. The molecule has 1 rings (SSSR count). The fourth-order valence-electron chi connectivity index (χ4n) is 1.90. The van der Waals surface area contributed by atoms with Crippen molar-refractivity contribution in [2.45, 2.75) is 34.1 Å². The summed E-state index contributed by atoms with van der Waals surface area (Å²) in [5, 5.41) is 3.86. The fraction of sp³-hybridized carbons (Fsp3) is 0.692. The number of halogens is 1. The number of hydrogen-bond donors (Lipinski definition) is 1. The molecule has 0 saturated heterocycles. The molecule has 110 valence electrons. The van der Waals surface area contributed by atoms with Crippen LogP contribution in [0.5, 0.6) is 0 Å². The number of aromatic nitrogens is 1. The van der Waals surface area contributed by atoms with E-state index in [0.29, 0.717) is 36.5 Å². The second kappa shape index (κ2) is 6.91. The Balaban J connectivity index is 0.00000324. The quantitative estimate of drug-likeness (QED) is 0.900. The van der Waals surface area contributed by atoms with Crippen LogP contribution >= 0.6 is 12.4 Å². The molecule has 1 heterocycles. The molecule has 5 nitrogen and oxygen atoms in total. The molecule has 0 fully saturated rings. The Hall–Kier alpha value is -1.07. The van der Waals surface area contributed by atoms with E-state index in [-0.39, 0.29) is 23.7 Å². The topological polar surface area (TPSA) is 72.4 Å². The Morgan fingerprint density at radius 3 is 2.53 bits per heavy atom. The first-order valence-corrected chi connectivity index (χ1v) is 6.23. The van der Waals surface area contributed by atoms with Crippen LogP contribution in [0.2, 0.25) is 0 Å². The lowest BCUT2D eigenvalue weighted by Gasteiger charge is -2.29. The molecule has 0 unspecified atom stereocenters. The van der Waals surface area contributed by atoms with Gasteiger partial charge in [-0.1, -0.05) is 25.9 Å². The number of carbonyl (C=O) groups excluding carboxylic acids is 1. The molecule has 0 saturated carbocycles. The minimum Gasteiger partial charge on any atom is -0.360 e. The Labute approximate surface area is 120 Å². The molecule has 0 aliphatic rings. The van der Waals surface area contributed by atoms with E-state index < -0.39 is 0 Å². The maximum absolute atomic E-state index is 12.4. The molecule has 0 aliphatic heterocycles. The van der Waals surface area contributed by atoms with Gasteiger partial charge in [0.25, 0.3) is 5.91 Å². The second-order valence-corrected chi connectivity index (χ2v) is 5.45. The standard InChI is InChI=1S/C13H23N3O2.ClH/c1-6-10-11(9(2)15-18-10)12(17)16(5)8-13(3,4)7-14;/h6-8,14H2,1-5H3;1H. The van der Waals surface area contributed by atoms with Gasteiger partial charge in [-0.15, -0.1) is 12.4 Å². The Bertz CT molecular complexity index is 430. The third-order valence-electron chi connectivity index (χ3n) is 3.03. The minimum absolute atomic E-state index is 0. The summed E-state index contributed by atoms with van der Waals surface area (Å²) >= 11 is 0. The van der Waals surface area contributed by atoms with Gasteiger partial charge in [0, 0.05) is 20.0 Å². The zero-order valence-electron chi connectivity index (χ0n) is 12.3. The van der Waals surface area contributed by atoms with E-state index in [1.807, 2.05) is 20.8 Å².